The van der Waals surface area contributed by atoms with Crippen LogP contribution in [0.2, 0.25) is 0 Å². The van der Waals surface area contributed by atoms with Crippen molar-refractivity contribution in [2.45, 2.75) is 20.3 Å². The molecule has 46 valence electrons. The normalized spacial score (nSPS) is 7.25. The first kappa shape index (κ1) is 10.9. The first-order chi connectivity index (χ1) is 3.13. The molecule has 8 heavy (non-hydrogen) atoms. The van der Waals surface area contributed by atoms with Gasteiger partial charge in [-0.05, 0) is 13.8 Å². The minimum absolute atomic E-state index is 0. The van der Waals surface area contributed by atoms with Crippen LogP contribution in [0, 0.1) is 0 Å². The van der Waals surface area contributed by atoms with Gasteiger partial charge in [0.15, 0.2) is 0 Å². The molecule has 0 aromatic rings. The third kappa shape index (κ3) is 9.36. The Morgan fingerprint density at radius 1 is 1.12 bits per heavy atom. The van der Waals surface area contributed by atoms with E-state index >= 15 is 0 Å². The second kappa shape index (κ2) is 5.12. The molecule has 0 aromatic carbocycles. The van der Waals surface area contributed by atoms with Gasteiger partial charge < -0.3 is 0 Å². The predicted octanol–water partition coefficient (Wildman–Crippen LogP) is -0.629. The Labute approximate surface area is 61.7 Å². The molecule has 0 saturated carbocycles. The second-order valence-electron chi connectivity index (χ2n) is 1.58. The number of carbonyl (C=O) groups excluding carboxylic acids is 2. The summed E-state index contributed by atoms with van der Waals surface area (Å²) in [6.07, 6.45) is 0.0833. The van der Waals surface area contributed by atoms with Crippen LogP contribution in [0.1, 0.15) is 20.3 Å². The van der Waals surface area contributed by atoms with Crippen molar-refractivity contribution in [1.82, 2.24) is 0 Å². The van der Waals surface area contributed by atoms with Crippen molar-refractivity contribution >= 4 is 31.4 Å². The zero-order valence-corrected chi connectivity index (χ0v) is 4.52. The molecule has 0 fully saturated rings. The van der Waals surface area contributed by atoms with Crippen molar-refractivity contribution in [2.24, 2.45) is 0 Å². The Hall–Kier alpha value is -0.0236. The topological polar surface area (TPSA) is 34.1 Å². The fourth-order valence-corrected chi connectivity index (χ4v) is 0.351. The van der Waals surface area contributed by atoms with Gasteiger partial charge in [0, 0.05) is 0 Å². The molecule has 0 aromatic heterocycles. The Morgan fingerprint density at radius 3 is 1.38 bits per heavy atom. The van der Waals surface area contributed by atoms with Crippen LogP contribution in [0.5, 0.6) is 0 Å². The van der Waals surface area contributed by atoms with Crippen LogP contribution in [-0.4, -0.2) is 31.4 Å². The average Bonchev–Trinajstić information content (AvgIpc) is 1.27. The Balaban J connectivity index is 0. The Morgan fingerprint density at radius 2 is 1.38 bits per heavy atom. The van der Waals surface area contributed by atoms with Crippen LogP contribution in [-0.2, 0) is 9.59 Å². The van der Waals surface area contributed by atoms with Gasteiger partial charge in [0.2, 0.25) is 0 Å². The van der Waals surface area contributed by atoms with Crippen molar-refractivity contribution in [3.63, 3.8) is 0 Å². The summed E-state index contributed by atoms with van der Waals surface area (Å²) in [7, 11) is 0. The van der Waals surface area contributed by atoms with Crippen LogP contribution in [0.15, 0.2) is 0 Å². The van der Waals surface area contributed by atoms with E-state index in [1.54, 1.807) is 0 Å². The molecule has 0 unspecified atom stereocenters. The van der Waals surface area contributed by atoms with Gasteiger partial charge in [-0.2, -0.15) is 0 Å². The minimum atomic E-state index is -0.0625. The molecule has 0 amide bonds. The predicted molar refractivity (Wildman–Crippen MR) is 35.9 cm³/mol. The fourth-order valence-electron chi connectivity index (χ4n) is 0.351. The second-order valence-corrected chi connectivity index (χ2v) is 1.58. The summed E-state index contributed by atoms with van der Waals surface area (Å²) < 4.78 is 0. The fraction of sp³-hybridized carbons (Fsp3) is 0.600. The summed E-state index contributed by atoms with van der Waals surface area (Å²) >= 11 is 0. The number of hydrogen-bond donors (Lipinski definition) is 0. The SMILES string of the molecule is CC(=O)CC(C)=O.[GaH3]. The molecular weight excluding hydrogens is 162 g/mol. The molecule has 0 saturated heterocycles. The van der Waals surface area contributed by atoms with Crippen LogP contribution >= 0.6 is 0 Å². The van der Waals surface area contributed by atoms with Crippen molar-refractivity contribution in [1.29, 1.82) is 0 Å². The zero-order valence-electron chi connectivity index (χ0n) is 4.52. The van der Waals surface area contributed by atoms with Gasteiger partial charge >= 0.3 is 19.8 Å². The molecule has 0 spiro atoms. The van der Waals surface area contributed by atoms with Crippen molar-refractivity contribution in [2.75, 3.05) is 0 Å². The third-order valence-electron chi connectivity index (χ3n) is 0.498. The van der Waals surface area contributed by atoms with E-state index in [-0.39, 0.29) is 37.8 Å². The van der Waals surface area contributed by atoms with Gasteiger partial charge in [0.25, 0.3) is 0 Å². The van der Waals surface area contributed by atoms with E-state index in [4.69, 9.17) is 0 Å². The Kier molecular flexibility index (Phi) is 6.96. The molecule has 0 rings (SSSR count). The van der Waals surface area contributed by atoms with E-state index in [0.29, 0.717) is 0 Å². The van der Waals surface area contributed by atoms with Crippen LogP contribution in [0.3, 0.4) is 0 Å². The maximum atomic E-state index is 10.0. The molecular formula is C5H11GaO2. The Bertz CT molecular complexity index is 86.6. The van der Waals surface area contributed by atoms with E-state index in [0.717, 1.165) is 0 Å². The van der Waals surface area contributed by atoms with Gasteiger partial charge in [-0.25, -0.2) is 0 Å². The molecule has 0 aliphatic rings. The summed E-state index contributed by atoms with van der Waals surface area (Å²) in [5.74, 6) is -0.125. The summed E-state index contributed by atoms with van der Waals surface area (Å²) in [6.45, 7) is 2.81. The van der Waals surface area contributed by atoms with Gasteiger partial charge in [0.1, 0.15) is 11.6 Å². The van der Waals surface area contributed by atoms with Gasteiger partial charge in [-0.15, -0.1) is 0 Å². The van der Waals surface area contributed by atoms with E-state index < -0.39 is 0 Å². The number of Topliss-reactive ketones (excluding diaryl/α,β-unsaturated/α-hetero) is 2. The first-order valence-corrected chi connectivity index (χ1v) is 2.12. The third-order valence-corrected chi connectivity index (χ3v) is 0.498. The maximum absolute atomic E-state index is 10.0. The molecule has 0 radical (unpaired) electrons. The summed E-state index contributed by atoms with van der Waals surface area (Å²) in [4.78, 5) is 20.1. The standard InChI is InChI=1S/C5H8O2.Ga.3H/c1-4(6)3-5(2)7;;;;/h3H2,1-2H3;;;;. The number of carbonyl (C=O) groups is 2. The average molecular weight is 173 g/mol. The van der Waals surface area contributed by atoms with Crippen molar-refractivity contribution in [3.05, 3.63) is 0 Å². The van der Waals surface area contributed by atoms with Crippen LogP contribution in [0.4, 0.5) is 0 Å². The van der Waals surface area contributed by atoms with E-state index in [2.05, 4.69) is 0 Å². The van der Waals surface area contributed by atoms with Gasteiger partial charge in [-0.3, -0.25) is 9.59 Å². The molecule has 0 heterocycles. The van der Waals surface area contributed by atoms with E-state index in [1.165, 1.54) is 13.8 Å². The van der Waals surface area contributed by atoms with Gasteiger partial charge in [-0.1, -0.05) is 0 Å². The van der Waals surface area contributed by atoms with Crippen molar-refractivity contribution < 1.29 is 9.59 Å². The molecule has 0 atom stereocenters. The van der Waals surface area contributed by atoms with E-state index in [1.807, 2.05) is 0 Å². The van der Waals surface area contributed by atoms with Crippen LogP contribution < -0.4 is 0 Å². The molecule has 0 aliphatic heterocycles. The monoisotopic (exact) mass is 172 g/mol. The summed E-state index contributed by atoms with van der Waals surface area (Å²) in [5, 5.41) is 0. The molecule has 3 heteroatoms. The molecule has 0 aliphatic carbocycles. The summed E-state index contributed by atoms with van der Waals surface area (Å²) in [6, 6.07) is 0. The van der Waals surface area contributed by atoms with E-state index in [9.17, 15) is 9.59 Å². The molecule has 0 bridgehead atoms. The number of ketones is 2. The van der Waals surface area contributed by atoms with Crippen LogP contribution in [0.25, 0.3) is 0 Å². The zero-order chi connectivity index (χ0) is 5.86. The molecule has 2 nitrogen and oxygen atoms in total. The van der Waals surface area contributed by atoms with Gasteiger partial charge in [0.05, 0.1) is 6.42 Å². The quantitative estimate of drug-likeness (QED) is 0.411. The van der Waals surface area contributed by atoms with Crippen molar-refractivity contribution in [3.8, 4) is 0 Å². The first-order valence-electron chi connectivity index (χ1n) is 2.12. The summed E-state index contributed by atoms with van der Waals surface area (Å²) in [5.41, 5.74) is 0. The molecule has 0 N–H and O–H groups in total. The number of rotatable bonds is 2. The number of hydrogen-bond acceptors (Lipinski definition) is 2.